The van der Waals surface area contributed by atoms with Gasteiger partial charge in [-0.15, -0.1) is 10.2 Å². The van der Waals surface area contributed by atoms with Crippen molar-refractivity contribution in [2.24, 2.45) is 0 Å². The topological polar surface area (TPSA) is 88.9 Å². The first-order valence-electron chi connectivity index (χ1n) is 9.09. The van der Waals surface area contributed by atoms with Gasteiger partial charge in [0.2, 0.25) is 5.91 Å². The SMILES string of the molecule is O=C(CSc1nncn1-c1ccccc1F)Nc1ccccc1C(=O)NC1CC1. The molecule has 7 nitrogen and oxygen atoms in total. The summed E-state index contributed by atoms with van der Waals surface area (Å²) in [6.45, 7) is 0. The van der Waals surface area contributed by atoms with Crippen LogP contribution in [0, 0.1) is 5.82 Å². The number of halogens is 1. The maximum absolute atomic E-state index is 14.0. The van der Waals surface area contributed by atoms with Crippen molar-refractivity contribution in [2.75, 3.05) is 11.1 Å². The molecule has 2 N–H and O–H groups in total. The van der Waals surface area contributed by atoms with Crippen LogP contribution in [0.25, 0.3) is 5.69 Å². The third-order valence-electron chi connectivity index (χ3n) is 4.32. The van der Waals surface area contributed by atoms with Gasteiger partial charge in [0.1, 0.15) is 12.1 Å². The number of carbonyl (C=O) groups is 2. The Bertz CT molecular complexity index is 1050. The number of anilines is 1. The van der Waals surface area contributed by atoms with E-state index in [1.54, 1.807) is 42.5 Å². The molecule has 1 fully saturated rings. The molecule has 0 spiro atoms. The molecule has 148 valence electrons. The molecule has 1 saturated carbocycles. The smallest absolute Gasteiger partial charge is 0.253 e. The molecule has 1 aliphatic carbocycles. The predicted molar refractivity (Wildman–Crippen MR) is 108 cm³/mol. The summed E-state index contributed by atoms with van der Waals surface area (Å²) in [5, 5.41) is 13.9. The second-order valence-electron chi connectivity index (χ2n) is 6.57. The lowest BCUT2D eigenvalue weighted by Crippen LogP contribution is -2.27. The number of carbonyl (C=O) groups excluding carboxylic acids is 2. The number of amides is 2. The van der Waals surface area contributed by atoms with E-state index in [1.807, 2.05) is 0 Å². The molecule has 2 amide bonds. The molecule has 29 heavy (non-hydrogen) atoms. The lowest BCUT2D eigenvalue weighted by molar-refractivity contribution is -0.113. The Kier molecular flexibility index (Phi) is 5.57. The Hall–Kier alpha value is -3.20. The predicted octanol–water partition coefficient (Wildman–Crippen LogP) is 3.03. The summed E-state index contributed by atoms with van der Waals surface area (Å²) in [5.41, 5.74) is 1.18. The maximum atomic E-state index is 14.0. The average Bonchev–Trinajstić information content (AvgIpc) is 3.41. The molecule has 9 heteroatoms. The fourth-order valence-corrected chi connectivity index (χ4v) is 3.45. The summed E-state index contributed by atoms with van der Waals surface area (Å²) >= 11 is 1.13. The van der Waals surface area contributed by atoms with Gasteiger partial charge in [-0.05, 0) is 37.1 Å². The highest BCUT2D eigenvalue weighted by Gasteiger charge is 2.25. The molecular formula is C20H18FN5O2S. The van der Waals surface area contributed by atoms with Crippen LogP contribution in [0.1, 0.15) is 23.2 Å². The largest absolute Gasteiger partial charge is 0.349 e. The molecular weight excluding hydrogens is 393 g/mol. The van der Waals surface area contributed by atoms with E-state index < -0.39 is 5.82 Å². The minimum Gasteiger partial charge on any atom is -0.349 e. The average molecular weight is 411 g/mol. The van der Waals surface area contributed by atoms with Gasteiger partial charge in [0.05, 0.1) is 22.7 Å². The van der Waals surface area contributed by atoms with Gasteiger partial charge < -0.3 is 10.6 Å². The van der Waals surface area contributed by atoms with E-state index in [4.69, 9.17) is 0 Å². The number of hydrogen-bond acceptors (Lipinski definition) is 5. The zero-order valence-corrected chi connectivity index (χ0v) is 16.2. The van der Waals surface area contributed by atoms with Gasteiger partial charge >= 0.3 is 0 Å². The van der Waals surface area contributed by atoms with Gasteiger partial charge in [0.15, 0.2) is 5.16 Å². The van der Waals surface area contributed by atoms with Crippen LogP contribution in [-0.2, 0) is 4.79 Å². The minimum atomic E-state index is -0.408. The molecule has 0 atom stereocenters. The van der Waals surface area contributed by atoms with Crippen LogP contribution in [0.4, 0.5) is 10.1 Å². The first-order valence-corrected chi connectivity index (χ1v) is 10.1. The highest BCUT2D eigenvalue weighted by atomic mass is 32.2. The second-order valence-corrected chi connectivity index (χ2v) is 7.51. The van der Waals surface area contributed by atoms with Crippen LogP contribution < -0.4 is 10.6 Å². The van der Waals surface area contributed by atoms with Crippen molar-refractivity contribution in [3.63, 3.8) is 0 Å². The first-order chi connectivity index (χ1) is 14.1. The van der Waals surface area contributed by atoms with E-state index in [-0.39, 0.29) is 23.6 Å². The van der Waals surface area contributed by atoms with Crippen molar-refractivity contribution < 1.29 is 14.0 Å². The number of thioether (sulfide) groups is 1. The van der Waals surface area contributed by atoms with Gasteiger partial charge in [-0.1, -0.05) is 36.0 Å². The van der Waals surface area contributed by atoms with E-state index in [2.05, 4.69) is 20.8 Å². The van der Waals surface area contributed by atoms with E-state index in [9.17, 15) is 14.0 Å². The molecule has 1 heterocycles. The van der Waals surface area contributed by atoms with Gasteiger partial charge in [0.25, 0.3) is 5.91 Å². The van der Waals surface area contributed by atoms with Crippen LogP contribution in [0.5, 0.6) is 0 Å². The molecule has 1 aliphatic rings. The molecule has 2 aromatic carbocycles. The molecule has 0 radical (unpaired) electrons. The number of rotatable bonds is 7. The molecule has 0 aliphatic heterocycles. The van der Waals surface area contributed by atoms with E-state index >= 15 is 0 Å². The quantitative estimate of drug-likeness (QED) is 0.584. The van der Waals surface area contributed by atoms with Crippen LogP contribution >= 0.6 is 11.8 Å². The Morgan fingerprint density at radius 2 is 1.90 bits per heavy atom. The van der Waals surface area contributed by atoms with E-state index in [1.165, 1.54) is 17.0 Å². The zero-order chi connectivity index (χ0) is 20.2. The van der Waals surface area contributed by atoms with Crippen molar-refractivity contribution in [3.8, 4) is 5.69 Å². The zero-order valence-electron chi connectivity index (χ0n) is 15.3. The van der Waals surface area contributed by atoms with Crippen LogP contribution in [0.2, 0.25) is 0 Å². The Balaban J connectivity index is 1.41. The highest BCUT2D eigenvalue weighted by molar-refractivity contribution is 7.99. The molecule has 1 aromatic heterocycles. The number of nitrogens with one attached hydrogen (secondary N) is 2. The monoisotopic (exact) mass is 411 g/mol. The third-order valence-corrected chi connectivity index (χ3v) is 5.26. The number of para-hydroxylation sites is 2. The third kappa shape index (κ3) is 4.62. The summed E-state index contributed by atoms with van der Waals surface area (Å²) in [6.07, 6.45) is 3.37. The number of aromatic nitrogens is 3. The lowest BCUT2D eigenvalue weighted by Gasteiger charge is -2.11. The summed E-state index contributed by atoms with van der Waals surface area (Å²) in [5.74, 6) is -0.875. The van der Waals surface area contributed by atoms with Crippen molar-refractivity contribution >= 4 is 29.3 Å². The normalized spacial score (nSPS) is 13.1. The van der Waals surface area contributed by atoms with Crippen molar-refractivity contribution in [1.29, 1.82) is 0 Å². The highest BCUT2D eigenvalue weighted by Crippen LogP contribution is 2.23. The summed E-state index contributed by atoms with van der Waals surface area (Å²) in [4.78, 5) is 24.8. The minimum absolute atomic E-state index is 0.0335. The second kappa shape index (κ2) is 8.44. The summed E-state index contributed by atoms with van der Waals surface area (Å²) in [7, 11) is 0. The van der Waals surface area contributed by atoms with Crippen LogP contribution in [0.3, 0.4) is 0 Å². The van der Waals surface area contributed by atoms with Crippen molar-refractivity contribution in [3.05, 3.63) is 66.2 Å². The Morgan fingerprint density at radius 3 is 2.69 bits per heavy atom. The Labute approximate surface area is 170 Å². The maximum Gasteiger partial charge on any atom is 0.253 e. The molecule has 3 aromatic rings. The summed E-state index contributed by atoms with van der Waals surface area (Å²) in [6, 6.07) is 13.4. The molecule has 4 rings (SSSR count). The van der Waals surface area contributed by atoms with Crippen LogP contribution in [0.15, 0.2) is 60.0 Å². The van der Waals surface area contributed by atoms with Crippen LogP contribution in [-0.4, -0.2) is 38.4 Å². The number of nitrogens with zero attached hydrogens (tertiary/aromatic N) is 3. The molecule has 0 saturated heterocycles. The van der Waals surface area contributed by atoms with Gasteiger partial charge in [-0.3, -0.25) is 14.2 Å². The van der Waals surface area contributed by atoms with Gasteiger partial charge in [-0.25, -0.2) is 4.39 Å². The fourth-order valence-electron chi connectivity index (χ4n) is 2.73. The fraction of sp³-hybridized carbons (Fsp3) is 0.200. The van der Waals surface area contributed by atoms with Crippen molar-refractivity contribution in [2.45, 2.75) is 24.0 Å². The number of hydrogen-bond donors (Lipinski definition) is 2. The van der Waals surface area contributed by atoms with Gasteiger partial charge in [-0.2, -0.15) is 0 Å². The standard InChI is InChI=1S/C20H18FN5O2S/c21-15-6-2-4-8-17(15)26-12-22-25-20(26)29-11-18(27)24-16-7-3-1-5-14(16)19(28)23-13-9-10-13/h1-8,12-13H,9-11H2,(H,23,28)(H,24,27). The Morgan fingerprint density at radius 1 is 1.14 bits per heavy atom. The van der Waals surface area contributed by atoms with E-state index in [0.29, 0.717) is 22.1 Å². The lowest BCUT2D eigenvalue weighted by atomic mass is 10.1. The molecule has 0 bridgehead atoms. The van der Waals surface area contributed by atoms with Gasteiger partial charge in [0, 0.05) is 6.04 Å². The van der Waals surface area contributed by atoms with Crippen molar-refractivity contribution in [1.82, 2.24) is 20.1 Å². The molecule has 0 unspecified atom stereocenters. The van der Waals surface area contributed by atoms with E-state index in [0.717, 1.165) is 24.6 Å². The number of benzene rings is 2. The summed E-state index contributed by atoms with van der Waals surface area (Å²) < 4.78 is 15.5. The first kappa shape index (κ1) is 19.1.